The molecule has 0 aliphatic carbocycles. The summed E-state index contributed by atoms with van der Waals surface area (Å²) in [6.07, 6.45) is 37.1. The predicted octanol–water partition coefficient (Wildman–Crippen LogP) is 47.0. The van der Waals surface area contributed by atoms with Crippen molar-refractivity contribution in [3.8, 4) is 46.0 Å². The molecule has 8 nitrogen and oxygen atoms in total. The lowest BCUT2D eigenvalue weighted by atomic mass is 10.2. The maximum atomic E-state index is 7.39. The van der Waals surface area contributed by atoms with Gasteiger partial charge in [-0.1, -0.05) is 351 Å². The average Bonchev–Trinajstić information content (AvgIpc) is 1.45. The number of benzene rings is 4. The minimum atomic E-state index is 0.685. The summed E-state index contributed by atoms with van der Waals surface area (Å²) in [5.74, 6) is 8.44. The van der Waals surface area contributed by atoms with Crippen LogP contribution in [0.3, 0.4) is 0 Å². The van der Waals surface area contributed by atoms with Crippen LogP contribution >= 0.6 is 370 Å². The van der Waals surface area contributed by atoms with E-state index < -0.39 is 0 Å². The van der Waals surface area contributed by atoms with E-state index in [4.69, 9.17) is 37.9 Å². The van der Waals surface area contributed by atoms with E-state index in [0.29, 0.717) is 26.4 Å². The fourth-order valence-corrected chi connectivity index (χ4v) is 65.3. The van der Waals surface area contributed by atoms with Crippen molar-refractivity contribution >= 4 is 445 Å². The maximum absolute atomic E-state index is 7.39. The first kappa shape index (κ1) is 105. The van der Waals surface area contributed by atoms with Gasteiger partial charge in [-0.05, 0) is 51.4 Å². The topological polar surface area (TPSA) is 73.8 Å². The van der Waals surface area contributed by atoms with Gasteiger partial charge in [-0.15, -0.1) is 228 Å². The van der Waals surface area contributed by atoms with Crippen LogP contribution in [0.4, 0.5) is 0 Å². The molecule has 0 fully saturated rings. The van der Waals surface area contributed by atoms with Crippen molar-refractivity contribution in [3.05, 3.63) is 25.4 Å². The Kier molecular flexibility index (Phi) is 39.3. The molecule has 4 aromatic carbocycles. The molecule has 16 heterocycles. The SMILES string of the molecule is CCCCCCOc1c2sc3c(sc2c(OCCCCCC)c2sc4c(sc12)SC(=C1Sc2sc5c(OCCCCCC)c6sc7c(sc6c(OCCCCCC)c5sc2S1)SC(=C1Sc2sc5c(OCCCCCC)c6sc8c(sc6c(OCCCCCC)c5sc2S1)SC(=C1Sc2sc5c(OCCCCCC)c6sc9c(sc6c(OCCCCCC)c5sc2S1)SCS9)S8)S7)S4)SCS3. The maximum Gasteiger partial charge on any atom is 0.156 e. The second-order valence-corrected chi connectivity index (χ2v) is 72.1. The van der Waals surface area contributed by atoms with Crippen molar-refractivity contribution in [2.24, 2.45) is 0 Å². The van der Waals surface area contributed by atoms with Crippen LogP contribution in [-0.4, -0.2) is 63.0 Å². The van der Waals surface area contributed by atoms with Crippen LogP contribution < -0.4 is 37.9 Å². The van der Waals surface area contributed by atoms with Crippen LogP contribution in [0.1, 0.15) is 261 Å². The lowest BCUT2D eigenvalue weighted by Gasteiger charge is -2.17. The summed E-state index contributed by atoms with van der Waals surface area (Å²) in [6.45, 7) is 24.1. The molecule has 0 spiro atoms. The van der Waals surface area contributed by atoms with Crippen molar-refractivity contribution in [2.75, 3.05) is 63.0 Å². The number of unbranched alkanes of at least 4 members (excludes halogenated alkanes) is 24. The Bertz CT molecular complexity index is 5890. The zero-order valence-corrected chi connectivity index (χ0v) is 103. The highest BCUT2D eigenvalue weighted by atomic mass is 32.3. The van der Waals surface area contributed by atoms with E-state index in [1.165, 1.54) is 296 Å². The summed E-state index contributed by atoms with van der Waals surface area (Å²) >= 11 is 62.7. The number of rotatable bonds is 48. The van der Waals surface area contributed by atoms with Crippen molar-refractivity contribution in [2.45, 2.75) is 328 Å². The molecule has 8 aliphatic heterocycles. The highest BCUT2D eigenvalue weighted by Crippen LogP contribution is 2.74. The van der Waals surface area contributed by atoms with E-state index in [9.17, 15) is 0 Å². The Morgan fingerprint density at radius 3 is 0.360 bits per heavy atom. The molecule has 20 rings (SSSR count). The molecule has 0 saturated carbocycles. The second-order valence-electron chi connectivity index (χ2n) is 33.2. The lowest BCUT2D eigenvalue weighted by molar-refractivity contribution is 0.308. The largest absolute Gasteiger partial charge is 0.491 e. The molecule has 8 aliphatic rings. The molecule has 0 N–H and O–H groups in total. The molecular formula is C96H108O8S32. The van der Waals surface area contributed by atoms with Gasteiger partial charge in [0.05, 0.1) is 231 Å². The number of thioether (sulfide) groups is 16. The standard InChI is InChI=1S/C96H108O8S32/c1-9-17-25-33-41-97-51-59-60(110-76-75(109-59)105-49-106-76)52(98-42-34-26-18-10-2)64-63(51)113-79-80(114-64)126-91(125-79)93-129-83-84(130-93)118-68-56(102-46-38-30-22-14-6)72-71(55(67(68)117-83)101-45-37-29-21-13-5)121-87-88(122-72)134-95(133-87)96-135-89-90(136-96)124-74-58(104-48-40-32-24-16-8)70-69(57(73(74)123-89)103-47-39-31-23-15-7)119-85-86(120-70)132-94(131-85)92-127-81-82(128-92)116-66-54(100-44-36-28-20-12-4)62-61(111-77-78(112-62)108-50-107-77)53(65(66)115-81)99-43-35-27-19-11-3/h9-50H2,1-8H3. The number of ether oxygens (including phenoxy) is 8. The van der Waals surface area contributed by atoms with Gasteiger partial charge >= 0.3 is 0 Å². The Morgan fingerprint density at radius 2 is 0.250 bits per heavy atom. The van der Waals surface area contributed by atoms with Gasteiger partial charge in [-0.3, -0.25) is 0 Å². The van der Waals surface area contributed by atoms with Gasteiger partial charge in [0, 0.05) is 0 Å². The van der Waals surface area contributed by atoms with Crippen LogP contribution in [-0.2, 0) is 0 Å². The molecule has 0 unspecified atom stereocenters. The normalized spacial score (nSPS) is 15.2. The zero-order valence-electron chi connectivity index (χ0n) is 77.0. The Labute approximate surface area is 932 Å². The fourth-order valence-electron chi connectivity index (χ4n) is 15.8. The van der Waals surface area contributed by atoms with E-state index in [-0.39, 0.29) is 0 Å². The molecular weight excluding hydrogens is 2310 g/mol. The molecule has 0 atom stereocenters. The van der Waals surface area contributed by atoms with E-state index in [1.807, 2.05) is 370 Å². The van der Waals surface area contributed by atoms with E-state index in [2.05, 4.69) is 55.4 Å². The lowest BCUT2D eigenvalue weighted by Crippen LogP contribution is -2.01. The Hall–Kier alpha value is 1.54. The third kappa shape index (κ3) is 23.7. The van der Waals surface area contributed by atoms with Gasteiger partial charge in [0.1, 0.15) is 0 Å². The van der Waals surface area contributed by atoms with Gasteiger partial charge in [0.25, 0.3) is 0 Å². The molecule has 0 amide bonds. The first-order chi connectivity index (χ1) is 67.1. The number of hydrogen-bond donors (Lipinski definition) is 0. The van der Waals surface area contributed by atoms with Crippen molar-refractivity contribution in [1.29, 1.82) is 0 Å². The van der Waals surface area contributed by atoms with Crippen LogP contribution in [0, 0.1) is 0 Å². The molecule has 0 bridgehead atoms. The molecule has 0 saturated heterocycles. The van der Waals surface area contributed by atoms with Crippen LogP contribution in [0.25, 0.3) is 75.2 Å². The summed E-state index contributed by atoms with van der Waals surface area (Å²) in [4.78, 5) is 0. The molecule has 40 heteroatoms. The van der Waals surface area contributed by atoms with Gasteiger partial charge < -0.3 is 37.9 Å². The summed E-state index contributed by atoms with van der Waals surface area (Å²) in [6, 6.07) is 0. The van der Waals surface area contributed by atoms with Gasteiger partial charge in [0.2, 0.25) is 0 Å². The summed E-state index contributed by atoms with van der Waals surface area (Å²) in [5, 5.41) is 2.13. The Morgan fingerprint density at radius 1 is 0.140 bits per heavy atom. The molecule has 0 radical (unpaired) electrons. The minimum absolute atomic E-state index is 0.685. The summed E-state index contributed by atoms with van der Waals surface area (Å²) < 4.78 is 108. The number of hydrogen-bond acceptors (Lipinski definition) is 40. The average molecular weight is 2420 g/mol. The molecule has 8 aromatic heterocycles. The van der Waals surface area contributed by atoms with Crippen LogP contribution in [0.5, 0.6) is 46.0 Å². The third-order valence-corrected chi connectivity index (χ3v) is 69.8. The molecule has 136 heavy (non-hydrogen) atoms. The molecule has 732 valence electrons. The van der Waals surface area contributed by atoms with E-state index >= 15 is 0 Å². The summed E-state index contributed by atoms with van der Waals surface area (Å²) in [7, 11) is 0. The smallest absolute Gasteiger partial charge is 0.156 e. The first-order valence-corrected chi connectivity index (χ1v) is 74.6. The third-order valence-electron chi connectivity index (χ3n) is 22.8. The number of fused-ring (bicyclic) bond motifs is 16. The van der Waals surface area contributed by atoms with Crippen molar-refractivity contribution in [1.82, 2.24) is 0 Å². The second kappa shape index (κ2) is 51.1. The first-order valence-electron chi connectivity index (χ1n) is 47.8. The fraction of sp³-hybridized carbons (Fsp3) is 0.521. The van der Waals surface area contributed by atoms with E-state index in [0.717, 1.165) is 160 Å². The Balaban J connectivity index is 0.630. The summed E-state index contributed by atoms with van der Waals surface area (Å²) in [5.41, 5.74) is 0. The zero-order chi connectivity index (χ0) is 92.5. The van der Waals surface area contributed by atoms with Crippen molar-refractivity contribution < 1.29 is 37.9 Å². The van der Waals surface area contributed by atoms with Crippen LogP contribution in [0.15, 0.2) is 92.8 Å². The van der Waals surface area contributed by atoms with Gasteiger partial charge in [-0.25, -0.2) is 0 Å². The van der Waals surface area contributed by atoms with Crippen LogP contribution in [0.2, 0.25) is 0 Å². The van der Waals surface area contributed by atoms with Gasteiger partial charge in [-0.2, -0.15) is 0 Å². The van der Waals surface area contributed by atoms with Crippen molar-refractivity contribution in [3.63, 3.8) is 0 Å². The monoisotopic (exact) mass is 2410 g/mol. The molecule has 12 aromatic rings. The highest BCUT2D eigenvalue weighted by molar-refractivity contribution is 8.34. The van der Waals surface area contributed by atoms with Gasteiger partial charge in [0.15, 0.2) is 46.0 Å². The minimum Gasteiger partial charge on any atom is -0.491 e. The highest BCUT2D eigenvalue weighted by Gasteiger charge is 2.40. The predicted molar refractivity (Wildman–Crippen MR) is 644 cm³/mol. The van der Waals surface area contributed by atoms with E-state index in [1.54, 1.807) is 0 Å². The quantitative estimate of drug-likeness (QED) is 0.0268.